The Morgan fingerprint density at radius 1 is 1.25 bits per heavy atom. The normalized spacial score (nSPS) is 16.9. The fourth-order valence-corrected chi connectivity index (χ4v) is 2.44. The van der Waals surface area contributed by atoms with Gasteiger partial charge in [-0.15, -0.1) is 0 Å². The van der Waals surface area contributed by atoms with Gasteiger partial charge >= 0.3 is 11.9 Å². The molecule has 1 saturated carbocycles. The first-order valence-electron chi connectivity index (χ1n) is 7.09. The quantitative estimate of drug-likeness (QED) is 0.388. The summed E-state index contributed by atoms with van der Waals surface area (Å²) in [6, 6.07) is 0. The Morgan fingerprint density at radius 2 is 1.90 bits per heavy atom. The SMILES string of the molecule is C=CC(=O)OCCOCC(=O)OC1(C(C)C)CCCC1. The second-order valence-electron chi connectivity index (χ2n) is 5.32. The molecule has 0 aromatic heterocycles. The number of esters is 2. The van der Waals surface area contributed by atoms with Crippen LogP contribution in [0.25, 0.3) is 0 Å². The highest BCUT2D eigenvalue weighted by atomic mass is 16.6. The average Bonchev–Trinajstić information content (AvgIpc) is 2.87. The minimum absolute atomic E-state index is 0.105. The Balaban J connectivity index is 2.22. The Bertz CT molecular complexity index is 342. The van der Waals surface area contributed by atoms with E-state index in [1.165, 1.54) is 0 Å². The lowest BCUT2D eigenvalue weighted by Gasteiger charge is -2.33. The van der Waals surface area contributed by atoms with Gasteiger partial charge in [0, 0.05) is 6.08 Å². The van der Waals surface area contributed by atoms with Crippen LogP contribution in [0.1, 0.15) is 39.5 Å². The van der Waals surface area contributed by atoms with Crippen LogP contribution in [-0.2, 0) is 23.8 Å². The minimum atomic E-state index is -0.499. The molecule has 114 valence electrons. The minimum Gasteiger partial charge on any atom is -0.460 e. The zero-order valence-corrected chi connectivity index (χ0v) is 12.4. The van der Waals surface area contributed by atoms with Crippen LogP contribution in [0.5, 0.6) is 0 Å². The fraction of sp³-hybridized carbons (Fsp3) is 0.733. The molecular weight excluding hydrogens is 260 g/mol. The standard InChI is InChI=1S/C15H24O5/c1-4-13(16)19-10-9-18-11-14(17)20-15(12(2)3)7-5-6-8-15/h4,12H,1,5-11H2,2-3H3. The van der Waals surface area contributed by atoms with Gasteiger partial charge in [-0.1, -0.05) is 20.4 Å². The number of rotatable bonds is 8. The van der Waals surface area contributed by atoms with Crippen molar-refractivity contribution < 1.29 is 23.8 Å². The van der Waals surface area contributed by atoms with E-state index in [2.05, 4.69) is 20.4 Å². The van der Waals surface area contributed by atoms with Gasteiger partial charge < -0.3 is 14.2 Å². The predicted octanol–water partition coefficient (Wildman–Crippen LogP) is 2.24. The summed E-state index contributed by atoms with van der Waals surface area (Å²) in [5, 5.41) is 0. The molecule has 0 atom stereocenters. The van der Waals surface area contributed by atoms with Crippen LogP contribution in [0.3, 0.4) is 0 Å². The van der Waals surface area contributed by atoms with Gasteiger partial charge in [0.15, 0.2) is 0 Å². The molecule has 1 rings (SSSR count). The third kappa shape index (κ3) is 4.96. The summed E-state index contributed by atoms with van der Waals surface area (Å²) in [4.78, 5) is 22.6. The molecule has 0 amide bonds. The monoisotopic (exact) mass is 284 g/mol. The third-order valence-corrected chi connectivity index (χ3v) is 3.68. The van der Waals surface area contributed by atoms with Crippen molar-refractivity contribution in [2.45, 2.75) is 45.1 Å². The Hall–Kier alpha value is -1.36. The second kappa shape index (κ2) is 8.04. The summed E-state index contributed by atoms with van der Waals surface area (Å²) in [5.41, 5.74) is -0.324. The van der Waals surface area contributed by atoms with Crippen molar-refractivity contribution in [2.75, 3.05) is 19.8 Å². The summed E-state index contributed by atoms with van der Waals surface area (Å²) >= 11 is 0. The van der Waals surface area contributed by atoms with Gasteiger partial charge in [0.1, 0.15) is 18.8 Å². The second-order valence-corrected chi connectivity index (χ2v) is 5.32. The van der Waals surface area contributed by atoms with Crippen LogP contribution in [0.15, 0.2) is 12.7 Å². The fourth-order valence-electron chi connectivity index (χ4n) is 2.44. The van der Waals surface area contributed by atoms with E-state index < -0.39 is 5.97 Å². The van der Waals surface area contributed by atoms with Crippen LogP contribution >= 0.6 is 0 Å². The molecule has 0 heterocycles. The van der Waals surface area contributed by atoms with Crippen molar-refractivity contribution in [3.8, 4) is 0 Å². The molecule has 0 bridgehead atoms. The van der Waals surface area contributed by atoms with E-state index in [9.17, 15) is 9.59 Å². The lowest BCUT2D eigenvalue weighted by molar-refractivity contribution is -0.170. The summed E-state index contributed by atoms with van der Waals surface area (Å²) < 4.78 is 15.5. The Morgan fingerprint density at radius 3 is 2.45 bits per heavy atom. The van der Waals surface area contributed by atoms with E-state index in [0.29, 0.717) is 5.92 Å². The molecule has 0 aromatic carbocycles. The number of hydrogen-bond donors (Lipinski definition) is 0. The van der Waals surface area contributed by atoms with E-state index in [1.807, 2.05) is 0 Å². The molecular formula is C15H24O5. The summed E-state index contributed by atoms with van der Waals surface area (Å²) in [6.07, 6.45) is 5.13. The third-order valence-electron chi connectivity index (χ3n) is 3.68. The van der Waals surface area contributed by atoms with Crippen LogP contribution in [0.4, 0.5) is 0 Å². The van der Waals surface area contributed by atoms with Crippen molar-refractivity contribution >= 4 is 11.9 Å². The van der Waals surface area contributed by atoms with Crippen LogP contribution in [-0.4, -0.2) is 37.4 Å². The van der Waals surface area contributed by atoms with E-state index in [0.717, 1.165) is 31.8 Å². The maximum absolute atomic E-state index is 11.8. The zero-order chi connectivity index (χ0) is 15.0. The van der Waals surface area contributed by atoms with Crippen molar-refractivity contribution in [2.24, 2.45) is 5.92 Å². The first-order valence-corrected chi connectivity index (χ1v) is 7.09. The van der Waals surface area contributed by atoms with Gasteiger partial charge in [0.25, 0.3) is 0 Å². The molecule has 20 heavy (non-hydrogen) atoms. The Labute approximate surface area is 120 Å². The lowest BCUT2D eigenvalue weighted by atomic mass is 9.88. The molecule has 0 aromatic rings. The van der Waals surface area contributed by atoms with Crippen LogP contribution < -0.4 is 0 Å². The molecule has 0 N–H and O–H groups in total. The summed E-state index contributed by atoms with van der Waals surface area (Å²) in [6.45, 7) is 7.60. The van der Waals surface area contributed by atoms with Gasteiger partial charge in [-0.25, -0.2) is 9.59 Å². The highest BCUT2D eigenvalue weighted by Crippen LogP contribution is 2.39. The first-order chi connectivity index (χ1) is 9.50. The van der Waals surface area contributed by atoms with Crippen LogP contribution in [0, 0.1) is 5.92 Å². The van der Waals surface area contributed by atoms with Gasteiger partial charge in [-0.2, -0.15) is 0 Å². The smallest absolute Gasteiger partial charge is 0.332 e. The van der Waals surface area contributed by atoms with E-state index in [-0.39, 0.29) is 31.4 Å². The molecule has 1 aliphatic rings. The molecule has 1 fully saturated rings. The predicted molar refractivity (Wildman–Crippen MR) is 74.1 cm³/mol. The van der Waals surface area contributed by atoms with Gasteiger partial charge in [-0.05, 0) is 31.6 Å². The van der Waals surface area contributed by atoms with Crippen molar-refractivity contribution in [1.29, 1.82) is 0 Å². The average molecular weight is 284 g/mol. The molecule has 0 radical (unpaired) electrons. The van der Waals surface area contributed by atoms with Crippen LogP contribution in [0.2, 0.25) is 0 Å². The molecule has 0 saturated heterocycles. The van der Waals surface area contributed by atoms with E-state index in [1.54, 1.807) is 0 Å². The zero-order valence-electron chi connectivity index (χ0n) is 12.4. The van der Waals surface area contributed by atoms with Gasteiger partial charge in [0.05, 0.1) is 6.61 Å². The van der Waals surface area contributed by atoms with Crippen molar-refractivity contribution in [1.82, 2.24) is 0 Å². The van der Waals surface area contributed by atoms with Crippen molar-refractivity contribution in [3.05, 3.63) is 12.7 Å². The van der Waals surface area contributed by atoms with Gasteiger partial charge in [0.2, 0.25) is 0 Å². The Kier molecular flexibility index (Phi) is 6.71. The highest BCUT2D eigenvalue weighted by molar-refractivity contribution is 5.81. The number of carbonyl (C=O) groups excluding carboxylic acids is 2. The molecule has 0 unspecified atom stereocenters. The molecule has 5 nitrogen and oxygen atoms in total. The van der Waals surface area contributed by atoms with E-state index >= 15 is 0 Å². The molecule has 1 aliphatic carbocycles. The highest BCUT2D eigenvalue weighted by Gasteiger charge is 2.40. The molecule has 5 heteroatoms. The maximum atomic E-state index is 11.8. The topological polar surface area (TPSA) is 61.8 Å². The number of ether oxygens (including phenoxy) is 3. The molecule has 0 spiro atoms. The van der Waals surface area contributed by atoms with E-state index in [4.69, 9.17) is 14.2 Å². The van der Waals surface area contributed by atoms with Crippen molar-refractivity contribution in [3.63, 3.8) is 0 Å². The number of carbonyl (C=O) groups is 2. The largest absolute Gasteiger partial charge is 0.460 e. The summed E-state index contributed by atoms with van der Waals surface area (Å²) in [7, 11) is 0. The van der Waals surface area contributed by atoms with Gasteiger partial charge in [-0.3, -0.25) is 0 Å². The lowest BCUT2D eigenvalue weighted by Crippen LogP contribution is -2.38. The maximum Gasteiger partial charge on any atom is 0.332 e. The summed E-state index contributed by atoms with van der Waals surface area (Å²) in [5.74, 6) is -0.543. The molecule has 0 aliphatic heterocycles. The first kappa shape index (κ1) is 16.7. The number of hydrogen-bond acceptors (Lipinski definition) is 5.